The van der Waals surface area contributed by atoms with E-state index in [-0.39, 0.29) is 11.3 Å². The van der Waals surface area contributed by atoms with Crippen molar-refractivity contribution >= 4 is 22.7 Å². The number of non-ortho nitro benzene ring substituents is 1. The molecule has 3 aromatic heterocycles. The molecule has 4 rings (SSSR count). The lowest BCUT2D eigenvalue weighted by Crippen LogP contribution is -2.33. The summed E-state index contributed by atoms with van der Waals surface area (Å²) in [4.78, 5) is 29.7. The first-order valence-electron chi connectivity index (χ1n) is 8.29. The molecule has 152 valence electrons. The summed E-state index contributed by atoms with van der Waals surface area (Å²) >= 11 is 0. The second kappa shape index (κ2) is 6.99. The number of hydrogen-bond donors (Lipinski definition) is 0. The molecule has 0 aliphatic heterocycles. The highest BCUT2D eigenvalue weighted by Gasteiger charge is 2.42. The topological polar surface area (TPSA) is 105 Å². The van der Waals surface area contributed by atoms with Gasteiger partial charge in [0.2, 0.25) is 0 Å². The van der Waals surface area contributed by atoms with Crippen LogP contribution in [0.15, 0.2) is 61.2 Å². The number of carbonyl (C=O) groups is 1. The summed E-state index contributed by atoms with van der Waals surface area (Å²) in [6.07, 6.45) is 0.521. The molecule has 0 unspecified atom stereocenters. The van der Waals surface area contributed by atoms with Crippen LogP contribution in [0.1, 0.15) is 0 Å². The maximum atomic E-state index is 12.5. The van der Waals surface area contributed by atoms with E-state index in [2.05, 4.69) is 14.9 Å². The van der Waals surface area contributed by atoms with E-state index in [0.717, 1.165) is 6.20 Å². The lowest BCUT2D eigenvalue weighted by atomic mass is 10.1. The van der Waals surface area contributed by atoms with Gasteiger partial charge in [-0.05, 0) is 29.8 Å². The molecular formula is C18H10F3N5O4. The molecule has 0 atom stereocenters. The van der Waals surface area contributed by atoms with Crippen LogP contribution in [0.5, 0.6) is 0 Å². The monoisotopic (exact) mass is 417 g/mol. The minimum atomic E-state index is -5.14. The Morgan fingerprint density at radius 3 is 2.50 bits per heavy atom. The van der Waals surface area contributed by atoms with Crippen molar-refractivity contribution in [2.75, 3.05) is 0 Å². The van der Waals surface area contributed by atoms with Crippen LogP contribution in [0.2, 0.25) is 0 Å². The van der Waals surface area contributed by atoms with Gasteiger partial charge in [0.15, 0.2) is 5.65 Å². The van der Waals surface area contributed by atoms with Crippen LogP contribution in [0, 0.1) is 10.1 Å². The number of nitro benzene ring substituents is 1. The Morgan fingerprint density at radius 2 is 1.83 bits per heavy atom. The first kappa shape index (κ1) is 19.1. The predicted octanol–water partition coefficient (Wildman–Crippen LogP) is 3.31. The van der Waals surface area contributed by atoms with Crippen LogP contribution in [0.4, 0.5) is 18.9 Å². The van der Waals surface area contributed by atoms with Crippen LogP contribution in [0.3, 0.4) is 0 Å². The van der Waals surface area contributed by atoms with Gasteiger partial charge in [0, 0.05) is 41.7 Å². The number of halogens is 3. The lowest BCUT2D eigenvalue weighted by molar-refractivity contribution is -0.384. The van der Waals surface area contributed by atoms with Gasteiger partial charge in [-0.2, -0.15) is 23.0 Å². The van der Waals surface area contributed by atoms with Gasteiger partial charge < -0.3 is 4.84 Å². The third-order valence-corrected chi connectivity index (χ3v) is 4.19. The predicted molar refractivity (Wildman–Crippen MR) is 96.6 cm³/mol. The van der Waals surface area contributed by atoms with E-state index in [4.69, 9.17) is 0 Å². The van der Waals surface area contributed by atoms with E-state index in [1.807, 2.05) is 0 Å². The van der Waals surface area contributed by atoms with E-state index in [0.29, 0.717) is 26.9 Å². The normalized spacial score (nSPS) is 11.6. The number of benzene rings is 1. The Bertz CT molecular complexity index is 1260. The average Bonchev–Trinajstić information content (AvgIpc) is 3.35. The molecule has 0 aliphatic rings. The smallest absolute Gasteiger partial charge is 0.326 e. The van der Waals surface area contributed by atoms with Crippen molar-refractivity contribution in [3.63, 3.8) is 0 Å². The Balaban J connectivity index is 1.67. The Hall–Kier alpha value is -4.22. The minimum absolute atomic E-state index is 0.00233. The molecule has 0 amide bonds. The van der Waals surface area contributed by atoms with Gasteiger partial charge in [-0.3, -0.25) is 10.1 Å². The van der Waals surface area contributed by atoms with E-state index in [1.54, 1.807) is 24.4 Å². The van der Waals surface area contributed by atoms with Gasteiger partial charge in [0.05, 0.1) is 16.8 Å². The number of carbonyl (C=O) groups excluding carboxylic acids is 1. The van der Waals surface area contributed by atoms with Crippen LogP contribution in [-0.4, -0.2) is 36.6 Å². The standard InChI is InChI=1S/C18H10F3N5O4/c19-18(20,21)17(27)30-25-8-6-14-15(5-7-22-16(14)25)24-10-12(9-23-24)11-1-3-13(4-2-11)26(28)29/h1-10H. The number of rotatable bonds is 4. The number of nitro groups is 1. The summed E-state index contributed by atoms with van der Waals surface area (Å²) in [6.45, 7) is 0. The fraction of sp³-hybridized carbons (Fsp3) is 0.0556. The Kier molecular flexibility index (Phi) is 4.45. The number of pyridine rings is 1. The van der Waals surface area contributed by atoms with Crippen molar-refractivity contribution in [3.8, 4) is 16.8 Å². The van der Waals surface area contributed by atoms with Crippen LogP contribution >= 0.6 is 0 Å². The Morgan fingerprint density at radius 1 is 1.10 bits per heavy atom. The van der Waals surface area contributed by atoms with Crippen molar-refractivity contribution in [1.82, 2.24) is 19.5 Å². The summed E-state index contributed by atoms with van der Waals surface area (Å²) in [5, 5.41) is 15.4. The SMILES string of the molecule is O=C(On1ccc2c(-n3cc(-c4ccc([N+](=O)[O-])cc4)cn3)ccnc21)C(F)(F)F. The molecule has 4 aromatic rings. The van der Waals surface area contributed by atoms with E-state index < -0.39 is 17.1 Å². The third kappa shape index (κ3) is 3.45. The fourth-order valence-corrected chi connectivity index (χ4v) is 2.79. The van der Waals surface area contributed by atoms with Gasteiger partial charge in [0.25, 0.3) is 5.69 Å². The molecule has 12 heteroatoms. The molecule has 0 N–H and O–H groups in total. The molecule has 9 nitrogen and oxygen atoms in total. The minimum Gasteiger partial charge on any atom is -0.326 e. The third-order valence-electron chi connectivity index (χ3n) is 4.19. The molecule has 0 radical (unpaired) electrons. The van der Waals surface area contributed by atoms with Crippen LogP contribution < -0.4 is 4.84 Å². The molecule has 3 heterocycles. The van der Waals surface area contributed by atoms with Gasteiger partial charge in [0.1, 0.15) is 0 Å². The van der Waals surface area contributed by atoms with E-state index in [9.17, 15) is 28.1 Å². The molecule has 0 fully saturated rings. The number of hydrogen-bond acceptors (Lipinski definition) is 6. The molecular weight excluding hydrogens is 407 g/mol. The molecule has 0 aliphatic carbocycles. The number of aromatic nitrogens is 4. The van der Waals surface area contributed by atoms with Gasteiger partial charge in [-0.25, -0.2) is 14.5 Å². The van der Waals surface area contributed by atoms with Crippen LogP contribution in [-0.2, 0) is 4.79 Å². The maximum Gasteiger partial charge on any atom is 0.493 e. The van der Waals surface area contributed by atoms with Gasteiger partial charge in [-0.15, -0.1) is 0 Å². The average molecular weight is 417 g/mol. The summed E-state index contributed by atoms with van der Waals surface area (Å²) < 4.78 is 39.5. The first-order valence-corrected chi connectivity index (χ1v) is 8.29. The summed E-state index contributed by atoms with van der Waals surface area (Å²) in [6, 6.07) is 8.92. The van der Waals surface area contributed by atoms with E-state index in [1.165, 1.54) is 35.3 Å². The highest BCUT2D eigenvalue weighted by Crippen LogP contribution is 2.26. The van der Waals surface area contributed by atoms with Crippen molar-refractivity contribution in [3.05, 3.63) is 71.3 Å². The molecule has 0 spiro atoms. The van der Waals surface area contributed by atoms with Crippen molar-refractivity contribution in [2.24, 2.45) is 0 Å². The molecule has 0 bridgehead atoms. The van der Waals surface area contributed by atoms with Crippen molar-refractivity contribution in [2.45, 2.75) is 6.18 Å². The summed E-state index contributed by atoms with van der Waals surface area (Å²) in [5.74, 6) is -2.37. The highest BCUT2D eigenvalue weighted by atomic mass is 19.4. The number of fused-ring (bicyclic) bond motifs is 1. The highest BCUT2D eigenvalue weighted by molar-refractivity contribution is 5.86. The van der Waals surface area contributed by atoms with E-state index >= 15 is 0 Å². The molecule has 0 saturated heterocycles. The first-order chi connectivity index (χ1) is 14.2. The van der Waals surface area contributed by atoms with Gasteiger partial charge in [-0.1, -0.05) is 0 Å². The number of nitrogens with zero attached hydrogens (tertiary/aromatic N) is 5. The molecule has 1 aromatic carbocycles. The molecule has 0 saturated carbocycles. The van der Waals surface area contributed by atoms with Crippen molar-refractivity contribution in [1.29, 1.82) is 0 Å². The van der Waals surface area contributed by atoms with Crippen molar-refractivity contribution < 1.29 is 27.7 Å². The summed E-state index contributed by atoms with van der Waals surface area (Å²) in [7, 11) is 0. The zero-order valence-electron chi connectivity index (χ0n) is 14.8. The zero-order chi connectivity index (χ0) is 21.5. The van der Waals surface area contributed by atoms with Gasteiger partial charge >= 0.3 is 12.1 Å². The molecule has 30 heavy (non-hydrogen) atoms. The lowest BCUT2D eigenvalue weighted by Gasteiger charge is -2.08. The summed E-state index contributed by atoms with van der Waals surface area (Å²) in [5.41, 5.74) is 1.79. The Labute approximate surface area is 165 Å². The largest absolute Gasteiger partial charge is 0.493 e. The second-order valence-electron chi connectivity index (χ2n) is 6.06. The quantitative estimate of drug-likeness (QED) is 0.373. The fourth-order valence-electron chi connectivity index (χ4n) is 2.79. The second-order valence-corrected chi connectivity index (χ2v) is 6.06. The number of alkyl halides is 3. The maximum absolute atomic E-state index is 12.5. The van der Waals surface area contributed by atoms with Crippen LogP contribution in [0.25, 0.3) is 27.8 Å². The zero-order valence-corrected chi connectivity index (χ0v) is 14.8.